The van der Waals surface area contributed by atoms with Crippen molar-refractivity contribution in [1.82, 2.24) is 0 Å². The van der Waals surface area contributed by atoms with E-state index < -0.39 is 0 Å². The average Bonchev–Trinajstić information content (AvgIpc) is 2.29. The molecule has 0 fully saturated rings. The van der Waals surface area contributed by atoms with E-state index in [0.717, 1.165) is 0 Å². The number of ether oxygens (including phenoxy) is 2. The Morgan fingerprint density at radius 1 is 1.14 bits per heavy atom. The highest BCUT2D eigenvalue weighted by atomic mass is 16.5. The number of methoxy groups -OCH3 is 2. The zero-order valence-electron chi connectivity index (χ0n) is 8.33. The van der Waals surface area contributed by atoms with Crippen LogP contribution in [-0.2, 0) is 0 Å². The van der Waals surface area contributed by atoms with Crippen molar-refractivity contribution in [2.75, 3.05) is 14.2 Å². The molecule has 1 N–H and O–H groups in total. The Balaban J connectivity index is 3.57. The third-order valence-electron chi connectivity index (χ3n) is 1.97. The van der Waals surface area contributed by atoms with Crippen molar-refractivity contribution in [2.45, 2.75) is 6.92 Å². The first-order valence-electron chi connectivity index (χ1n) is 4.06. The van der Waals surface area contributed by atoms with Gasteiger partial charge in [-0.05, 0) is 6.92 Å². The molecule has 4 nitrogen and oxygen atoms in total. The second kappa shape index (κ2) is 4.00. The van der Waals surface area contributed by atoms with E-state index in [4.69, 9.17) is 9.47 Å². The van der Waals surface area contributed by atoms with Gasteiger partial charge in [0.2, 0.25) is 0 Å². The zero-order valence-corrected chi connectivity index (χ0v) is 8.33. The molecule has 4 heteroatoms. The molecular formula is C10H12O4. The Kier molecular flexibility index (Phi) is 2.96. The first-order chi connectivity index (χ1) is 6.60. The lowest BCUT2D eigenvalue weighted by atomic mass is 10.3. The van der Waals surface area contributed by atoms with Gasteiger partial charge in [-0.25, -0.2) is 0 Å². The molecule has 0 saturated carbocycles. The largest absolute Gasteiger partial charge is 0.507 e. The summed E-state index contributed by atoms with van der Waals surface area (Å²) < 4.78 is 9.91. The van der Waals surface area contributed by atoms with E-state index in [1.54, 1.807) is 0 Å². The summed E-state index contributed by atoms with van der Waals surface area (Å²) in [5, 5.41) is 9.46. The van der Waals surface area contributed by atoms with Crippen LogP contribution in [0.4, 0.5) is 0 Å². The second-order valence-electron chi connectivity index (χ2n) is 2.80. The van der Waals surface area contributed by atoms with Crippen molar-refractivity contribution in [1.29, 1.82) is 0 Å². The van der Waals surface area contributed by atoms with Crippen molar-refractivity contribution in [3.63, 3.8) is 0 Å². The van der Waals surface area contributed by atoms with Crippen molar-refractivity contribution in [2.24, 2.45) is 0 Å². The summed E-state index contributed by atoms with van der Waals surface area (Å²) in [6, 6.07) is 2.64. The minimum atomic E-state index is -0.289. The van der Waals surface area contributed by atoms with Gasteiger partial charge in [-0.15, -0.1) is 0 Å². The van der Waals surface area contributed by atoms with E-state index in [1.165, 1.54) is 33.3 Å². The van der Waals surface area contributed by atoms with E-state index in [1.807, 2.05) is 0 Å². The molecular weight excluding hydrogens is 184 g/mol. The quantitative estimate of drug-likeness (QED) is 0.768. The first kappa shape index (κ1) is 10.4. The van der Waals surface area contributed by atoms with Crippen molar-refractivity contribution >= 4 is 0 Å². The summed E-state index contributed by atoms with van der Waals surface area (Å²) in [7, 11) is 2.88. The molecule has 0 bridgehead atoms. The van der Waals surface area contributed by atoms with Gasteiger partial charge in [-0.3, -0.25) is 4.79 Å². The Hall–Kier alpha value is -1.71. The van der Waals surface area contributed by atoms with E-state index in [9.17, 15) is 9.90 Å². The Morgan fingerprint density at radius 2 is 1.64 bits per heavy atom. The summed E-state index contributed by atoms with van der Waals surface area (Å²) in [4.78, 5) is 11.4. The van der Waals surface area contributed by atoms with Crippen LogP contribution in [0.5, 0.6) is 17.2 Å². The van der Waals surface area contributed by atoms with Crippen molar-refractivity contribution in [3.05, 3.63) is 27.9 Å². The molecule has 0 radical (unpaired) electrons. The van der Waals surface area contributed by atoms with Crippen LogP contribution < -0.4 is 14.9 Å². The molecule has 1 rings (SSSR count). The SMILES string of the molecule is COc1cc(O)c(C)c(=O)cc1OC. The lowest BCUT2D eigenvalue weighted by molar-refractivity contribution is 0.354. The summed E-state index contributed by atoms with van der Waals surface area (Å²) in [6.07, 6.45) is 0. The molecule has 14 heavy (non-hydrogen) atoms. The molecule has 0 aliphatic heterocycles. The molecule has 0 spiro atoms. The molecule has 1 aromatic carbocycles. The zero-order chi connectivity index (χ0) is 10.7. The van der Waals surface area contributed by atoms with E-state index in [0.29, 0.717) is 11.5 Å². The molecule has 0 heterocycles. The van der Waals surface area contributed by atoms with Crippen LogP contribution >= 0.6 is 0 Å². The van der Waals surface area contributed by atoms with Crippen LogP contribution in [0.3, 0.4) is 0 Å². The van der Waals surface area contributed by atoms with Gasteiger partial charge in [0.1, 0.15) is 5.75 Å². The monoisotopic (exact) mass is 196 g/mol. The minimum Gasteiger partial charge on any atom is -0.507 e. The summed E-state index contributed by atoms with van der Waals surface area (Å²) in [5.41, 5.74) is -0.0192. The van der Waals surface area contributed by atoms with Crippen LogP contribution in [0, 0.1) is 6.92 Å². The van der Waals surface area contributed by atoms with Crippen LogP contribution in [0.25, 0.3) is 0 Å². The lowest BCUT2D eigenvalue weighted by Crippen LogP contribution is -1.99. The molecule has 1 aromatic rings. The maximum absolute atomic E-state index is 11.4. The molecule has 0 unspecified atom stereocenters. The fourth-order valence-electron chi connectivity index (χ4n) is 1.05. The maximum Gasteiger partial charge on any atom is 0.189 e. The van der Waals surface area contributed by atoms with Crippen molar-refractivity contribution in [3.8, 4) is 17.2 Å². The number of rotatable bonds is 2. The standard InChI is InChI=1S/C10H12O4/c1-6-7(11)4-9(13-2)10(14-3)5-8(6)12/h4-5,11H,1-3H3. The topological polar surface area (TPSA) is 55.8 Å². The van der Waals surface area contributed by atoms with Gasteiger partial charge in [0.25, 0.3) is 0 Å². The molecule has 0 amide bonds. The Labute approximate surface area is 81.7 Å². The van der Waals surface area contributed by atoms with Crippen molar-refractivity contribution < 1.29 is 14.6 Å². The van der Waals surface area contributed by atoms with Crippen LogP contribution in [0.15, 0.2) is 16.9 Å². The number of aromatic hydroxyl groups is 1. The molecule has 0 aliphatic rings. The predicted molar refractivity (Wildman–Crippen MR) is 52.2 cm³/mol. The minimum absolute atomic E-state index is 0.102. The normalized spacial score (nSPS) is 9.64. The second-order valence-corrected chi connectivity index (χ2v) is 2.80. The highest BCUT2D eigenvalue weighted by Gasteiger charge is 2.07. The van der Waals surface area contributed by atoms with E-state index in [-0.39, 0.29) is 16.7 Å². The van der Waals surface area contributed by atoms with Gasteiger partial charge in [0.15, 0.2) is 16.9 Å². The fraction of sp³-hybridized carbons (Fsp3) is 0.300. The predicted octanol–water partition coefficient (Wildman–Crippen LogP) is 1.08. The number of hydrogen-bond acceptors (Lipinski definition) is 4. The summed E-state index contributed by atoms with van der Waals surface area (Å²) in [5.74, 6) is 0.534. The molecule has 0 saturated heterocycles. The fourth-order valence-corrected chi connectivity index (χ4v) is 1.05. The summed E-state index contributed by atoms with van der Waals surface area (Å²) >= 11 is 0. The molecule has 0 atom stereocenters. The van der Waals surface area contributed by atoms with Gasteiger partial charge in [0.05, 0.1) is 14.2 Å². The van der Waals surface area contributed by atoms with E-state index >= 15 is 0 Å². The first-order valence-corrected chi connectivity index (χ1v) is 4.06. The maximum atomic E-state index is 11.4. The van der Waals surface area contributed by atoms with E-state index in [2.05, 4.69) is 0 Å². The Bertz CT molecular complexity index is 398. The van der Waals surface area contributed by atoms with Gasteiger partial charge in [-0.2, -0.15) is 0 Å². The van der Waals surface area contributed by atoms with Gasteiger partial charge < -0.3 is 14.6 Å². The summed E-state index contributed by atoms with van der Waals surface area (Å²) in [6.45, 7) is 1.54. The third kappa shape index (κ3) is 1.79. The van der Waals surface area contributed by atoms with Gasteiger partial charge in [-0.1, -0.05) is 0 Å². The third-order valence-corrected chi connectivity index (χ3v) is 1.97. The molecule has 76 valence electrons. The van der Waals surface area contributed by atoms with Gasteiger partial charge >= 0.3 is 0 Å². The lowest BCUT2D eigenvalue weighted by Gasteiger charge is -2.02. The van der Waals surface area contributed by atoms with Crippen LogP contribution in [-0.4, -0.2) is 19.3 Å². The average molecular weight is 196 g/mol. The highest BCUT2D eigenvalue weighted by Crippen LogP contribution is 2.28. The van der Waals surface area contributed by atoms with Crippen LogP contribution in [0.2, 0.25) is 0 Å². The number of hydrogen-bond donors (Lipinski definition) is 1. The van der Waals surface area contributed by atoms with Gasteiger partial charge in [0, 0.05) is 17.7 Å². The molecule has 0 aromatic heterocycles. The smallest absolute Gasteiger partial charge is 0.189 e. The highest BCUT2D eigenvalue weighted by molar-refractivity contribution is 5.45. The Morgan fingerprint density at radius 3 is 2.14 bits per heavy atom. The van der Waals surface area contributed by atoms with Crippen LogP contribution in [0.1, 0.15) is 5.56 Å². The molecule has 0 aliphatic carbocycles.